The Hall–Kier alpha value is -1.45. The van der Waals surface area contributed by atoms with E-state index in [2.05, 4.69) is 28.1 Å². The molecular weight excluding hydrogens is 280 g/mol. The molecule has 0 saturated carbocycles. The van der Waals surface area contributed by atoms with Crippen LogP contribution in [0.1, 0.15) is 32.1 Å². The average molecular weight is 304 g/mol. The number of morpholine rings is 1. The van der Waals surface area contributed by atoms with Gasteiger partial charge in [0.1, 0.15) is 0 Å². The molecule has 0 aliphatic carbocycles. The summed E-state index contributed by atoms with van der Waals surface area (Å²) in [6.45, 7) is 3.27. The summed E-state index contributed by atoms with van der Waals surface area (Å²) >= 11 is 0. The minimum Gasteiger partial charge on any atom is -0.374 e. The van der Waals surface area contributed by atoms with Gasteiger partial charge in [-0.15, -0.1) is 12.3 Å². The number of piperidine rings is 1. The van der Waals surface area contributed by atoms with Crippen molar-refractivity contribution in [3.63, 3.8) is 0 Å². The normalized spacial score (nSPS) is 29.7. The number of carbonyl (C=O) groups excluding carboxylic acids is 1. The van der Waals surface area contributed by atoms with Gasteiger partial charge >= 0.3 is 0 Å². The summed E-state index contributed by atoms with van der Waals surface area (Å²) in [5.74, 6) is 2.82. The third-order valence-corrected chi connectivity index (χ3v) is 4.90. The third kappa shape index (κ3) is 3.31. The number of nitrogens with zero attached hydrogens (tertiary/aromatic N) is 4. The Morgan fingerprint density at radius 1 is 1.41 bits per heavy atom. The molecule has 2 fully saturated rings. The molecule has 2 unspecified atom stereocenters. The number of fused-ring (bicyclic) bond motifs is 1. The predicted molar refractivity (Wildman–Crippen MR) is 82.2 cm³/mol. The fraction of sp³-hybridized carbons (Fsp3) is 0.812. The van der Waals surface area contributed by atoms with Crippen molar-refractivity contribution in [2.24, 2.45) is 10.2 Å². The summed E-state index contributed by atoms with van der Waals surface area (Å²) in [5.41, 5.74) is -0.364. The van der Waals surface area contributed by atoms with Gasteiger partial charge in [-0.25, -0.2) is 0 Å². The summed E-state index contributed by atoms with van der Waals surface area (Å²) in [5, 5.41) is 8.22. The van der Waals surface area contributed by atoms with Gasteiger partial charge in [0.05, 0.1) is 18.8 Å². The molecule has 0 aromatic heterocycles. The molecule has 3 heterocycles. The number of ether oxygens (including phenoxy) is 1. The molecule has 6 heteroatoms. The first kappa shape index (κ1) is 15.4. The molecule has 2 atom stereocenters. The molecule has 6 nitrogen and oxygen atoms in total. The van der Waals surface area contributed by atoms with Crippen molar-refractivity contribution in [1.29, 1.82) is 0 Å². The molecule has 3 aliphatic rings. The topological polar surface area (TPSA) is 57.5 Å². The lowest BCUT2D eigenvalue weighted by molar-refractivity contribution is -0.152. The van der Waals surface area contributed by atoms with Crippen LogP contribution in [0.4, 0.5) is 0 Å². The Kier molecular flexibility index (Phi) is 4.46. The second-order valence-corrected chi connectivity index (χ2v) is 6.50. The SMILES string of the molecule is C#CCCC1(CCC(=O)N2CCOC3CCN(C)CC32)N=N1. The van der Waals surface area contributed by atoms with Crippen molar-refractivity contribution in [3.05, 3.63) is 0 Å². The second kappa shape index (κ2) is 6.35. The lowest BCUT2D eigenvalue weighted by atomic mass is 9.97. The number of terminal acetylenes is 1. The van der Waals surface area contributed by atoms with Crippen molar-refractivity contribution in [3.8, 4) is 12.3 Å². The maximum absolute atomic E-state index is 12.6. The van der Waals surface area contributed by atoms with Crippen LogP contribution < -0.4 is 0 Å². The Morgan fingerprint density at radius 2 is 2.23 bits per heavy atom. The minimum absolute atomic E-state index is 0.190. The van der Waals surface area contributed by atoms with Gasteiger partial charge in [0.15, 0.2) is 5.66 Å². The molecule has 1 amide bonds. The van der Waals surface area contributed by atoms with Gasteiger partial charge in [0, 0.05) is 45.3 Å². The average Bonchev–Trinajstić information content (AvgIpc) is 3.30. The third-order valence-electron chi connectivity index (χ3n) is 4.90. The maximum Gasteiger partial charge on any atom is 0.223 e. The number of hydrogen-bond donors (Lipinski definition) is 0. The highest BCUT2D eigenvalue weighted by Gasteiger charge is 2.42. The Labute approximate surface area is 131 Å². The van der Waals surface area contributed by atoms with Crippen LogP contribution in [0, 0.1) is 12.3 Å². The molecule has 120 valence electrons. The summed E-state index contributed by atoms with van der Waals surface area (Å²) in [4.78, 5) is 16.9. The van der Waals surface area contributed by atoms with Crippen molar-refractivity contribution < 1.29 is 9.53 Å². The zero-order chi connectivity index (χ0) is 15.6. The smallest absolute Gasteiger partial charge is 0.223 e. The molecule has 3 aliphatic heterocycles. The standard InChI is InChI=1S/C16H24N4O2/c1-3-4-7-16(17-18-16)8-5-15(21)20-10-11-22-14-6-9-19(2)12-13(14)20/h1,13-14H,4-12H2,2H3. The van der Waals surface area contributed by atoms with Crippen LogP contribution in [0.15, 0.2) is 10.2 Å². The summed E-state index contributed by atoms with van der Waals surface area (Å²) in [6, 6.07) is 0.190. The van der Waals surface area contributed by atoms with E-state index in [1.807, 2.05) is 4.90 Å². The van der Waals surface area contributed by atoms with Gasteiger partial charge in [-0.3, -0.25) is 4.79 Å². The molecular formula is C16H24N4O2. The highest BCUT2D eigenvalue weighted by Crippen LogP contribution is 2.38. The van der Waals surface area contributed by atoms with Gasteiger partial charge in [-0.2, -0.15) is 10.2 Å². The Balaban J connectivity index is 1.54. The second-order valence-electron chi connectivity index (χ2n) is 6.50. The van der Waals surface area contributed by atoms with Gasteiger partial charge in [-0.1, -0.05) is 0 Å². The van der Waals surface area contributed by atoms with Gasteiger partial charge in [-0.05, 0) is 13.5 Å². The molecule has 2 saturated heterocycles. The van der Waals surface area contributed by atoms with Crippen LogP contribution in [-0.2, 0) is 9.53 Å². The Morgan fingerprint density at radius 3 is 2.95 bits per heavy atom. The predicted octanol–water partition coefficient (Wildman–Crippen LogP) is 1.27. The molecule has 0 N–H and O–H groups in total. The largest absolute Gasteiger partial charge is 0.374 e. The van der Waals surface area contributed by atoms with E-state index in [0.717, 1.165) is 25.9 Å². The highest BCUT2D eigenvalue weighted by molar-refractivity contribution is 5.77. The van der Waals surface area contributed by atoms with Crippen molar-refractivity contribution in [2.75, 3.05) is 33.3 Å². The molecule has 22 heavy (non-hydrogen) atoms. The monoisotopic (exact) mass is 304 g/mol. The number of amides is 1. The number of likely N-dealkylation sites (tertiary alicyclic amines) is 1. The molecule has 0 spiro atoms. The molecule has 0 aromatic rings. The molecule has 3 rings (SSSR count). The lowest BCUT2D eigenvalue weighted by Crippen LogP contribution is -2.60. The van der Waals surface area contributed by atoms with E-state index in [1.165, 1.54) is 0 Å². The number of likely N-dealkylation sites (N-methyl/N-ethyl adjacent to an activating group) is 1. The van der Waals surface area contributed by atoms with Crippen molar-refractivity contribution in [2.45, 2.75) is 49.9 Å². The first-order valence-corrected chi connectivity index (χ1v) is 8.11. The molecule has 0 aromatic carbocycles. The zero-order valence-electron chi connectivity index (χ0n) is 13.2. The zero-order valence-corrected chi connectivity index (χ0v) is 13.2. The quantitative estimate of drug-likeness (QED) is 0.719. The molecule has 0 radical (unpaired) electrons. The van der Waals surface area contributed by atoms with E-state index in [0.29, 0.717) is 32.4 Å². The summed E-state index contributed by atoms with van der Waals surface area (Å²) < 4.78 is 5.84. The minimum atomic E-state index is -0.364. The summed E-state index contributed by atoms with van der Waals surface area (Å²) in [7, 11) is 2.10. The van der Waals surface area contributed by atoms with E-state index in [1.54, 1.807) is 0 Å². The van der Waals surface area contributed by atoms with Crippen LogP contribution >= 0.6 is 0 Å². The van der Waals surface area contributed by atoms with Crippen molar-refractivity contribution in [1.82, 2.24) is 9.80 Å². The van der Waals surface area contributed by atoms with Crippen molar-refractivity contribution >= 4 is 5.91 Å². The van der Waals surface area contributed by atoms with E-state index in [4.69, 9.17) is 11.2 Å². The van der Waals surface area contributed by atoms with Crippen LogP contribution in [0.5, 0.6) is 0 Å². The van der Waals surface area contributed by atoms with Crippen LogP contribution in [-0.4, -0.2) is 66.8 Å². The first-order valence-electron chi connectivity index (χ1n) is 8.11. The van der Waals surface area contributed by atoms with E-state index in [-0.39, 0.29) is 23.7 Å². The van der Waals surface area contributed by atoms with Crippen LogP contribution in [0.2, 0.25) is 0 Å². The molecule has 0 bridgehead atoms. The van der Waals surface area contributed by atoms with Crippen LogP contribution in [0.25, 0.3) is 0 Å². The van der Waals surface area contributed by atoms with Crippen LogP contribution in [0.3, 0.4) is 0 Å². The van der Waals surface area contributed by atoms with Gasteiger partial charge < -0.3 is 14.5 Å². The summed E-state index contributed by atoms with van der Waals surface area (Å²) in [6.07, 6.45) is 9.08. The number of carbonyl (C=O) groups is 1. The van der Waals surface area contributed by atoms with Gasteiger partial charge in [0.2, 0.25) is 5.91 Å². The fourth-order valence-electron chi connectivity index (χ4n) is 3.46. The Bertz CT molecular complexity index is 493. The van der Waals surface area contributed by atoms with Gasteiger partial charge in [0.25, 0.3) is 0 Å². The number of hydrogen-bond acceptors (Lipinski definition) is 5. The number of rotatable bonds is 5. The van der Waals surface area contributed by atoms with E-state index >= 15 is 0 Å². The van der Waals surface area contributed by atoms with E-state index in [9.17, 15) is 4.79 Å². The lowest BCUT2D eigenvalue weighted by Gasteiger charge is -2.46. The highest BCUT2D eigenvalue weighted by atomic mass is 16.5. The fourth-order valence-corrected chi connectivity index (χ4v) is 3.46. The first-order chi connectivity index (χ1) is 10.6. The maximum atomic E-state index is 12.6. The van der Waals surface area contributed by atoms with E-state index < -0.39 is 0 Å².